The van der Waals surface area contributed by atoms with Gasteiger partial charge in [-0.1, -0.05) is 0 Å². The van der Waals surface area contributed by atoms with Crippen LogP contribution in [0.1, 0.15) is 24.4 Å². The molecule has 1 aliphatic heterocycles. The SMILES string of the molecule is O=C1C[C@H](c2cc(F)ccc2F)N(c2ccn3nc(F)c(NC(=S)N[C@@H]4C[C@H]4O)c3n2)C1. The van der Waals surface area contributed by atoms with Crippen LogP contribution in [0.4, 0.5) is 24.7 Å². The maximum atomic E-state index is 14.5. The maximum Gasteiger partial charge on any atom is 0.258 e. The van der Waals surface area contributed by atoms with Crippen molar-refractivity contribution in [2.24, 2.45) is 0 Å². The number of rotatable bonds is 4. The van der Waals surface area contributed by atoms with Gasteiger partial charge in [-0.3, -0.25) is 4.79 Å². The van der Waals surface area contributed by atoms with Crippen molar-refractivity contribution >= 4 is 40.3 Å². The van der Waals surface area contributed by atoms with E-state index in [1.54, 1.807) is 4.90 Å². The van der Waals surface area contributed by atoms with Gasteiger partial charge in [0.2, 0.25) is 0 Å². The van der Waals surface area contributed by atoms with E-state index in [9.17, 15) is 23.1 Å². The van der Waals surface area contributed by atoms with Crippen LogP contribution < -0.4 is 15.5 Å². The molecule has 1 aromatic carbocycles. The highest BCUT2D eigenvalue weighted by molar-refractivity contribution is 7.80. The summed E-state index contributed by atoms with van der Waals surface area (Å²) in [6.45, 7) is -0.0529. The minimum absolute atomic E-state index is 0.0102. The fourth-order valence-corrected chi connectivity index (χ4v) is 4.05. The van der Waals surface area contributed by atoms with Crippen molar-refractivity contribution in [3.63, 3.8) is 0 Å². The molecule has 1 saturated heterocycles. The number of benzene rings is 1. The number of fused-ring (bicyclic) bond motifs is 1. The Bertz CT molecular complexity index is 1250. The molecule has 1 saturated carbocycles. The highest BCUT2D eigenvalue weighted by Crippen LogP contribution is 2.36. The molecule has 0 bridgehead atoms. The Kier molecular flexibility index (Phi) is 4.97. The zero-order valence-corrected chi connectivity index (χ0v) is 17.2. The molecule has 3 heterocycles. The summed E-state index contributed by atoms with van der Waals surface area (Å²) in [6.07, 6.45) is 1.49. The van der Waals surface area contributed by atoms with E-state index < -0.39 is 29.7 Å². The van der Waals surface area contributed by atoms with Crippen LogP contribution in [0.2, 0.25) is 0 Å². The number of thiocarbonyl (C=S) groups is 1. The number of aliphatic hydroxyl groups excluding tert-OH is 1. The summed E-state index contributed by atoms with van der Waals surface area (Å²) in [5, 5.41) is 18.8. The molecular formula is C20H17F3N6O2S. The molecule has 8 nitrogen and oxygen atoms in total. The first kappa shape index (κ1) is 20.6. The highest BCUT2D eigenvalue weighted by Gasteiger charge is 2.36. The topological polar surface area (TPSA) is 94.8 Å². The Morgan fingerprint density at radius 1 is 1.25 bits per heavy atom. The van der Waals surface area contributed by atoms with Crippen molar-refractivity contribution in [3.8, 4) is 0 Å². The number of aromatic nitrogens is 3. The van der Waals surface area contributed by atoms with Gasteiger partial charge in [0.05, 0.1) is 24.7 Å². The Labute approximate surface area is 185 Å². The molecule has 166 valence electrons. The Hall–Kier alpha value is -3.25. The van der Waals surface area contributed by atoms with Crippen LogP contribution in [0, 0.1) is 17.6 Å². The van der Waals surface area contributed by atoms with Crippen molar-refractivity contribution in [3.05, 3.63) is 53.6 Å². The summed E-state index contributed by atoms with van der Waals surface area (Å²) in [6, 6.07) is 3.66. The number of nitrogens with one attached hydrogen (secondary N) is 2. The van der Waals surface area contributed by atoms with Crippen molar-refractivity contribution in [1.29, 1.82) is 0 Å². The number of halogens is 3. The van der Waals surface area contributed by atoms with E-state index in [4.69, 9.17) is 12.2 Å². The van der Waals surface area contributed by atoms with Crippen LogP contribution in [0.15, 0.2) is 30.5 Å². The smallest absolute Gasteiger partial charge is 0.258 e. The molecule has 3 atom stereocenters. The molecule has 0 unspecified atom stereocenters. The molecular weight excluding hydrogens is 445 g/mol. The second-order valence-electron chi connectivity index (χ2n) is 7.78. The van der Waals surface area contributed by atoms with Crippen LogP contribution in [0.3, 0.4) is 0 Å². The van der Waals surface area contributed by atoms with Crippen LogP contribution in [-0.2, 0) is 4.79 Å². The third-order valence-electron chi connectivity index (χ3n) is 5.49. The van der Waals surface area contributed by atoms with Crippen molar-refractivity contribution < 1.29 is 23.1 Å². The molecule has 5 rings (SSSR count). The maximum absolute atomic E-state index is 14.5. The lowest BCUT2D eigenvalue weighted by Crippen LogP contribution is -2.32. The summed E-state index contributed by atoms with van der Waals surface area (Å²) in [4.78, 5) is 18.2. The molecule has 0 radical (unpaired) electrons. The van der Waals surface area contributed by atoms with E-state index in [1.165, 1.54) is 16.8 Å². The van der Waals surface area contributed by atoms with E-state index in [2.05, 4.69) is 20.7 Å². The largest absolute Gasteiger partial charge is 0.391 e. The molecule has 1 aliphatic carbocycles. The number of anilines is 2. The summed E-state index contributed by atoms with van der Waals surface area (Å²) in [5.41, 5.74) is 0.0562. The fourth-order valence-electron chi connectivity index (χ4n) is 3.79. The first-order chi connectivity index (χ1) is 15.3. The Balaban J connectivity index is 1.48. The van der Waals surface area contributed by atoms with Crippen LogP contribution in [-0.4, -0.2) is 49.3 Å². The fraction of sp³-hybridized carbons (Fsp3) is 0.300. The van der Waals surface area contributed by atoms with E-state index in [-0.39, 0.29) is 52.6 Å². The van der Waals surface area contributed by atoms with Crippen molar-refractivity contribution in [2.75, 3.05) is 16.8 Å². The molecule has 0 spiro atoms. The van der Waals surface area contributed by atoms with Gasteiger partial charge in [0.1, 0.15) is 23.1 Å². The number of hydrogen-bond acceptors (Lipinski definition) is 6. The van der Waals surface area contributed by atoms with E-state index in [0.29, 0.717) is 6.42 Å². The zero-order chi connectivity index (χ0) is 22.6. The van der Waals surface area contributed by atoms with Gasteiger partial charge in [-0.25, -0.2) is 18.3 Å². The zero-order valence-electron chi connectivity index (χ0n) is 16.4. The molecule has 12 heteroatoms. The van der Waals surface area contributed by atoms with Gasteiger partial charge in [-0.15, -0.1) is 5.10 Å². The number of ketones is 1. The van der Waals surface area contributed by atoms with E-state index in [1.807, 2.05) is 0 Å². The van der Waals surface area contributed by atoms with Crippen LogP contribution in [0.5, 0.6) is 0 Å². The summed E-state index contributed by atoms with van der Waals surface area (Å²) < 4.78 is 43.8. The minimum Gasteiger partial charge on any atom is -0.391 e. The first-order valence-electron chi connectivity index (χ1n) is 9.84. The quantitative estimate of drug-likeness (QED) is 0.508. The van der Waals surface area contributed by atoms with Gasteiger partial charge in [-0.2, -0.15) is 4.39 Å². The van der Waals surface area contributed by atoms with Gasteiger partial charge >= 0.3 is 0 Å². The predicted molar refractivity (Wildman–Crippen MR) is 113 cm³/mol. The molecule has 2 aliphatic rings. The Morgan fingerprint density at radius 3 is 2.78 bits per heavy atom. The number of carbonyl (C=O) groups is 1. The lowest BCUT2D eigenvalue weighted by Gasteiger charge is -2.25. The third-order valence-corrected chi connectivity index (χ3v) is 5.71. The summed E-state index contributed by atoms with van der Waals surface area (Å²) in [5.74, 6) is -1.98. The van der Waals surface area contributed by atoms with Crippen LogP contribution in [0.25, 0.3) is 5.65 Å². The van der Waals surface area contributed by atoms with Gasteiger partial charge < -0.3 is 20.6 Å². The number of nitrogens with zero attached hydrogens (tertiary/aromatic N) is 4. The molecule has 3 aromatic rings. The van der Waals surface area contributed by atoms with Gasteiger partial charge in [0.25, 0.3) is 5.95 Å². The lowest BCUT2D eigenvalue weighted by molar-refractivity contribution is -0.116. The first-order valence-corrected chi connectivity index (χ1v) is 10.2. The number of Topliss-reactive ketones (excluding diaryl/α,β-unsaturated/α-hetero) is 1. The summed E-state index contributed by atoms with van der Waals surface area (Å²) >= 11 is 5.16. The monoisotopic (exact) mass is 462 g/mol. The van der Waals surface area contributed by atoms with Crippen molar-refractivity contribution in [1.82, 2.24) is 19.9 Å². The van der Waals surface area contributed by atoms with E-state index in [0.717, 1.165) is 18.2 Å². The number of carbonyl (C=O) groups excluding carboxylic acids is 1. The Morgan fingerprint density at radius 2 is 2.03 bits per heavy atom. The number of hydrogen-bond donors (Lipinski definition) is 3. The van der Waals surface area contributed by atoms with Gasteiger partial charge in [-0.05, 0) is 42.9 Å². The normalized spacial score (nSPS) is 22.4. The van der Waals surface area contributed by atoms with Gasteiger partial charge in [0, 0.05) is 18.2 Å². The molecule has 0 amide bonds. The average molecular weight is 462 g/mol. The molecule has 3 N–H and O–H groups in total. The standard InChI is InChI=1S/C20H17F3N6O2S/c21-9-1-2-12(22)11(5-9)14-6-10(30)8-28(14)16-3-4-29-19(25-16)17(18(23)27-29)26-20(32)24-13-7-15(13)31/h1-5,13-15,31H,6-8H2,(H2,24,26,32)/t13-,14-,15-/m1/s1. The van der Waals surface area contributed by atoms with Crippen molar-refractivity contribution in [2.45, 2.75) is 31.0 Å². The van der Waals surface area contributed by atoms with Crippen LogP contribution >= 0.6 is 12.2 Å². The minimum atomic E-state index is -0.847. The van der Waals surface area contributed by atoms with Gasteiger partial charge in [0.15, 0.2) is 16.5 Å². The predicted octanol–water partition coefficient (Wildman–Crippen LogP) is 2.09. The third kappa shape index (κ3) is 3.75. The number of aliphatic hydroxyl groups is 1. The molecule has 2 fully saturated rings. The summed E-state index contributed by atoms with van der Waals surface area (Å²) in [7, 11) is 0. The molecule has 32 heavy (non-hydrogen) atoms. The second kappa shape index (κ2) is 7.71. The second-order valence-corrected chi connectivity index (χ2v) is 8.19. The average Bonchev–Trinajstić information content (AvgIpc) is 3.15. The molecule has 2 aromatic heterocycles. The lowest BCUT2D eigenvalue weighted by atomic mass is 10.0. The van der Waals surface area contributed by atoms with E-state index >= 15 is 0 Å². The highest BCUT2D eigenvalue weighted by atomic mass is 32.1.